The molecule has 0 N–H and O–H groups in total. The third kappa shape index (κ3) is 9.31. The molecule has 2 aromatic heterocycles. The van der Waals surface area contributed by atoms with Crippen molar-refractivity contribution in [2.45, 2.75) is 40.5 Å². The molecule has 0 unspecified atom stereocenters. The van der Waals surface area contributed by atoms with Crippen molar-refractivity contribution in [1.29, 1.82) is 0 Å². The fraction of sp³-hybridized carbons (Fsp3) is 0.375. The Morgan fingerprint density at radius 1 is 0.708 bits per heavy atom. The molecule has 0 saturated carbocycles. The minimum atomic E-state index is -1.54. The number of halogens is 5. The maximum absolute atomic E-state index is 13.8. The van der Waals surface area contributed by atoms with E-state index in [2.05, 4.69) is 9.97 Å². The predicted molar refractivity (Wildman–Crippen MR) is 188 cm³/mol. The second kappa shape index (κ2) is 17.8. The third-order valence-corrected chi connectivity index (χ3v) is 10.3. The van der Waals surface area contributed by atoms with Crippen molar-refractivity contribution in [3.63, 3.8) is 0 Å². The number of ether oxygens (including phenoxy) is 2. The van der Waals surface area contributed by atoms with Crippen LogP contribution >= 0.6 is 56.6 Å². The van der Waals surface area contributed by atoms with Gasteiger partial charge in [-0.15, -0.1) is 0 Å². The summed E-state index contributed by atoms with van der Waals surface area (Å²) in [6, 6.07) is 6.09. The van der Waals surface area contributed by atoms with Crippen LogP contribution in [0.5, 0.6) is 11.5 Å². The summed E-state index contributed by atoms with van der Waals surface area (Å²) in [6.45, 7) is 9.54. The van der Waals surface area contributed by atoms with Crippen molar-refractivity contribution >= 4 is 78.2 Å². The number of aromatic nitrogens is 4. The van der Waals surface area contributed by atoms with Gasteiger partial charge in [0, 0.05) is 0 Å². The molecule has 0 aliphatic carbocycles. The van der Waals surface area contributed by atoms with Crippen molar-refractivity contribution in [2.24, 2.45) is 0 Å². The number of hydrogen-bond acceptors (Lipinski definition) is 6. The Morgan fingerprint density at radius 2 is 1.10 bits per heavy atom. The Labute approximate surface area is 308 Å². The second-order valence-electron chi connectivity index (χ2n) is 10.6. The maximum atomic E-state index is 13.8. The molecule has 4 aromatic rings. The van der Waals surface area contributed by atoms with Crippen LogP contribution in [0.4, 0.5) is 9.59 Å². The van der Waals surface area contributed by atoms with Crippen LogP contribution in [-0.4, -0.2) is 80.4 Å². The number of nitrogens with zero attached hydrogens (tertiary/aromatic N) is 6. The molecule has 16 heteroatoms. The number of hydrogen-bond donors (Lipinski definition) is 0. The van der Waals surface area contributed by atoms with Crippen LogP contribution in [-0.2, 0) is 12.5 Å². The van der Waals surface area contributed by atoms with E-state index in [1.54, 1.807) is 46.5 Å². The third-order valence-electron chi connectivity index (χ3n) is 6.94. The van der Waals surface area contributed by atoms with Gasteiger partial charge in [-0.1, -0.05) is 0 Å². The average molecular weight is 805 g/mol. The molecule has 0 spiro atoms. The predicted octanol–water partition coefficient (Wildman–Crippen LogP) is 7.55. The Morgan fingerprint density at radius 3 is 1.46 bits per heavy atom. The number of carbonyl (C=O) groups is 2. The van der Waals surface area contributed by atoms with Crippen LogP contribution in [0.1, 0.15) is 37.8 Å². The van der Waals surface area contributed by atoms with Gasteiger partial charge in [-0.25, -0.2) is 0 Å². The molecule has 0 fully saturated rings. The Bertz CT molecular complexity index is 1560. The Hall–Kier alpha value is -2.66. The van der Waals surface area contributed by atoms with Gasteiger partial charge in [-0.2, -0.15) is 0 Å². The normalized spacial score (nSPS) is 11.4. The summed E-state index contributed by atoms with van der Waals surface area (Å²) >= 11 is 23.3. The fourth-order valence-electron chi connectivity index (χ4n) is 4.80. The van der Waals surface area contributed by atoms with Gasteiger partial charge in [-0.3, -0.25) is 0 Å². The van der Waals surface area contributed by atoms with Gasteiger partial charge in [0.25, 0.3) is 0 Å². The van der Waals surface area contributed by atoms with E-state index in [0.29, 0.717) is 57.5 Å². The van der Waals surface area contributed by atoms with Crippen LogP contribution in [0.25, 0.3) is 0 Å². The van der Waals surface area contributed by atoms with Crippen molar-refractivity contribution < 1.29 is 31.6 Å². The summed E-state index contributed by atoms with van der Waals surface area (Å²) in [7, 11) is 6.97. The Kier molecular flexibility index (Phi) is 14.2. The van der Waals surface area contributed by atoms with E-state index in [1.807, 2.05) is 27.7 Å². The quantitative estimate of drug-likeness (QED) is 0.122. The van der Waals surface area contributed by atoms with Crippen molar-refractivity contribution in [1.82, 2.24) is 28.9 Å². The van der Waals surface area contributed by atoms with E-state index in [4.69, 9.17) is 66.1 Å². The number of carbonyl (C=O) groups excluding carboxylic acids is 2. The van der Waals surface area contributed by atoms with E-state index in [1.165, 1.54) is 21.5 Å². The monoisotopic (exact) mass is 801 g/mol. The van der Waals surface area contributed by atoms with Gasteiger partial charge in [0.2, 0.25) is 0 Å². The molecule has 10 nitrogen and oxygen atoms in total. The molecule has 4 rings (SSSR count). The zero-order valence-corrected chi connectivity index (χ0v) is 31.6. The first kappa shape index (κ1) is 38.2. The number of amides is 2. The van der Waals surface area contributed by atoms with Crippen LogP contribution in [0.15, 0.2) is 49.1 Å². The molecule has 0 radical (unpaired) electrons. The molecular formula is C32H36Cl5N6NiO4. The first-order valence-electron chi connectivity index (χ1n) is 15.1. The van der Waals surface area contributed by atoms with E-state index in [9.17, 15) is 9.59 Å². The summed E-state index contributed by atoms with van der Waals surface area (Å²) in [4.78, 5) is 40.2. The van der Waals surface area contributed by atoms with E-state index >= 15 is 0 Å². The first-order chi connectivity index (χ1) is 23.0. The molecule has 0 bridgehead atoms. The van der Waals surface area contributed by atoms with Crippen molar-refractivity contribution in [2.75, 3.05) is 39.4 Å². The van der Waals surface area contributed by atoms with Gasteiger partial charge in [0.15, 0.2) is 0 Å². The minimum absolute atomic E-state index is 0.200. The summed E-state index contributed by atoms with van der Waals surface area (Å²) in [5.74, 6) is 1.03. The van der Waals surface area contributed by atoms with Crippen LogP contribution < -0.4 is 19.1 Å². The zero-order valence-electron chi connectivity index (χ0n) is 26.8. The number of rotatable bonds is 14. The molecule has 0 saturated heterocycles. The summed E-state index contributed by atoms with van der Waals surface area (Å²) in [6.07, 6.45) is 7.51. The Balaban J connectivity index is 1.47. The van der Waals surface area contributed by atoms with Crippen molar-refractivity contribution in [3.05, 3.63) is 80.3 Å². The molecule has 0 aliphatic heterocycles. The SMILES string of the molecule is CCCN(CCOc1c(C)cc(Cl)cc1Cl)C(=O)n1ccn[c]1[Ni]([Cl])[c]1nccn1C(=O)N(CCC)CCOc1c(C)cc(Cl)cc1Cl. The molecule has 263 valence electrons. The fourth-order valence-corrected chi connectivity index (χ4v) is 8.16. The van der Waals surface area contributed by atoms with Gasteiger partial charge in [0.05, 0.1) is 0 Å². The summed E-state index contributed by atoms with van der Waals surface area (Å²) in [5.41, 5.74) is 1.58. The molecule has 48 heavy (non-hydrogen) atoms. The number of imidazole rings is 2. The molecule has 2 amide bonds. The summed E-state index contributed by atoms with van der Waals surface area (Å²) < 4.78 is 14.7. The molecule has 0 aliphatic rings. The van der Waals surface area contributed by atoms with Crippen molar-refractivity contribution in [3.8, 4) is 11.5 Å². The van der Waals surface area contributed by atoms with Gasteiger partial charge < -0.3 is 0 Å². The topological polar surface area (TPSA) is 94.7 Å². The number of aryl methyl sites for hydroxylation is 2. The molecule has 2 heterocycles. The standard InChI is InChI=1S/2C16H18Cl2N3O2.ClH.Ni/c2*1-3-5-20(16(22)21-6-4-19-11-21)7-8-23-15-12(2)9-13(17)10-14(15)18;;/h2*4,6,9-10H,3,5,7-8H2,1-2H3;1H;/q;;;+1/p-1. The zero-order chi connectivity index (χ0) is 35.0. The first-order valence-corrected chi connectivity index (χ1v) is 18.9. The van der Waals surface area contributed by atoms with E-state index < -0.39 is 12.5 Å². The molecular weight excluding hydrogens is 768 g/mol. The summed E-state index contributed by atoms with van der Waals surface area (Å²) in [5, 5.41) is 1.82. The van der Waals surface area contributed by atoms with E-state index in [0.717, 1.165) is 11.1 Å². The van der Waals surface area contributed by atoms with Crippen LogP contribution in [0.3, 0.4) is 0 Å². The molecule has 0 atom stereocenters. The average Bonchev–Trinajstić information content (AvgIpc) is 3.72. The number of benzene rings is 2. The van der Waals surface area contributed by atoms with Gasteiger partial charge in [0.1, 0.15) is 0 Å². The van der Waals surface area contributed by atoms with Crippen LogP contribution in [0.2, 0.25) is 20.1 Å². The second-order valence-corrected chi connectivity index (χ2v) is 14.8. The molecule has 2 aromatic carbocycles. The van der Waals surface area contributed by atoms with Gasteiger partial charge in [-0.05, 0) is 0 Å². The van der Waals surface area contributed by atoms with Crippen LogP contribution in [0, 0.1) is 13.8 Å². The van der Waals surface area contributed by atoms with E-state index in [-0.39, 0.29) is 48.0 Å². The van der Waals surface area contributed by atoms with Gasteiger partial charge >= 0.3 is 310 Å².